The van der Waals surface area contributed by atoms with Gasteiger partial charge in [-0.05, 0) is 50.1 Å². The fourth-order valence-electron chi connectivity index (χ4n) is 3.89. The zero-order valence-corrected chi connectivity index (χ0v) is 20.7. The molecule has 0 radical (unpaired) electrons. The van der Waals surface area contributed by atoms with Crippen molar-refractivity contribution < 1.29 is 23.8 Å². The van der Waals surface area contributed by atoms with Crippen LogP contribution in [-0.4, -0.2) is 48.7 Å². The van der Waals surface area contributed by atoms with Gasteiger partial charge in [-0.1, -0.05) is 18.2 Å². The van der Waals surface area contributed by atoms with Crippen molar-refractivity contribution in [2.75, 3.05) is 32.1 Å². The number of thiazole rings is 1. The number of para-hydroxylation sites is 1. The Hall–Kier alpha value is -3.59. The lowest BCUT2D eigenvalue weighted by molar-refractivity contribution is -0.151. The smallest absolute Gasteiger partial charge is 0.321 e. The molecule has 1 aliphatic heterocycles. The van der Waals surface area contributed by atoms with Crippen LogP contribution in [-0.2, 0) is 16.1 Å². The number of carbonyl (C=O) groups excluding carboxylic acids is 2. The number of methoxy groups -OCH3 is 1. The summed E-state index contributed by atoms with van der Waals surface area (Å²) < 4.78 is 16.5. The van der Waals surface area contributed by atoms with Crippen molar-refractivity contribution in [2.45, 2.75) is 26.4 Å². The molecule has 0 spiro atoms. The van der Waals surface area contributed by atoms with Gasteiger partial charge in [-0.25, -0.2) is 9.78 Å². The van der Waals surface area contributed by atoms with Crippen LogP contribution in [0.25, 0.3) is 10.6 Å². The van der Waals surface area contributed by atoms with Crippen LogP contribution in [0.2, 0.25) is 0 Å². The molecule has 3 aromatic rings. The van der Waals surface area contributed by atoms with E-state index < -0.39 is 0 Å². The normalized spacial score (nSPS) is 13.8. The molecule has 1 N–H and O–H groups in total. The molecule has 1 fully saturated rings. The van der Waals surface area contributed by atoms with Gasteiger partial charge >= 0.3 is 12.0 Å². The second-order valence-electron chi connectivity index (χ2n) is 8.11. The number of nitrogens with zero attached hydrogens (tertiary/aromatic N) is 2. The minimum atomic E-state index is -0.245. The predicted molar refractivity (Wildman–Crippen MR) is 135 cm³/mol. The lowest BCUT2D eigenvalue weighted by Gasteiger charge is -2.30. The molecule has 1 aromatic heterocycles. The molecule has 1 saturated heterocycles. The molecule has 0 unspecified atom stereocenters. The Labute approximate surface area is 208 Å². The number of anilines is 1. The molecular formula is C26H29N3O5S. The van der Waals surface area contributed by atoms with E-state index in [1.165, 1.54) is 11.3 Å². The van der Waals surface area contributed by atoms with E-state index in [4.69, 9.17) is 14.2 Å². The molecule has 184 valence electrons. The van der Waals surface area contributed by atoms with Crippen LogP contribution in [0.1, 0.15) is 25.5 Å². The number of ether oxygens (including phenoxy) is 3. The molecule has 8 nitrogen and oxygen atoms in total. The first-order valence-electron chi connectivity index (χ1n) is 11.6. The number of hydrogen-bond donors (Lipinski definition) is 1. The summed E-state index contributed by atoms with van der Waals surface area (Å²) in [4.78, 5) is 31.4. The molecule has 0 atom stereocenters. The maximum Gasteiger partial charge on any atom is 0.321 e. The average molecular weight is 496 g/mol. The van der Waals surface area contributed by atoms with Gasteiger partial charge in [0.1, 0.15) is 11.6 Å². The maximum atomic E-state index is 12.6. The standard InChI is InChI=1S/C26H29N3O5S/c1-3-33-22-10-9-19(15-23(22)32-2)24-27-21(17-35-24)16-34-25(30)18-11-13-29(14-12-18)26(31)28-20-7-5-4-6-8-20/h4-10,15,17-18H,3,11-14,16H2,1-2H3,(H,28,31). The third kappa shape index (κ3) is 6.30. The lowest BCUT2D eigenvalue weighted by Crippen LogP contribution is -2.42. The van der Waals surface area contributed by atoms with Gasteiger partial charge in [-0.3, -0.25) is 4.79 Å². The largest absolute Gasteiger partial charge is 0.493 e. The Morgan fingerprint density at radius 1 is 1.11 bits per heavy atom. The van der Waals surface area contributed by atoms with Gasteiger partial charge in [-0.2, -0.15) is 0 Å². The minimum Gasteiger partial charge on any atom is -0.493 e. The number of benzene rings is 2. The molecule has 2 aromatic carbocycles. The van der Waals surface area contributed by atoms with E-state index in [1.54, 1.807) is 12.0 Å². The van der Waals surface area contributed by atoms with Gasteiger partial charge in [0.2, 0.25) is 0 Å². The number of rotatable bonds is 8. The highest BCUT2D eigenvalue weighted by Crippen LogP contribution is 2.34. The maximum absolute atomic E-state index is 12.6. The Bertz CT molecular complexity index is 1140. The van der Waals surface area contributed by atoms with Gasteiger partial charge in [0.25, 0.3) is 0 Å². The number of amides is 2. The van der Waals surface area contributed by atoms with Gasteiger partial charge in [0, 0.05) is 29.7 Å². The third-order valence-electron chi connectivity index (χ3n) is 5.77. The van der Waals surface area contributed by atoms with Gasteiger partial charge in [0.15, 0.2) is 11.5 Å². The van der Waals surface area contributed by atoms with Crippen molar-refractivity contribution in [3.05, 3.63) is 59.6 Å². The van der Waals surface area contributed by atoms with Gasteiger partial charge in [-0.15, -0.1) is 11.3 Å². The van der Waals surface area contributed by atoms with Crippen LogP contribution in [0.15, 0.2) is 53.9 Å². The van der Waals surface area contributed by atoms with Crippen LogP contribution in [0, 0.1) is 5.92 Å². The van der Waals surface area contributed by atoms with Crippen molar-refractivity contribution in [3.63, 3.8) is 0 Å². The number of hydrogen-bond acceptors (Lipinski definition) is 7. The van der Waals surface area contributed by atoms with E-state index in [2.05, 4.69) is 10.3 Å². The zero-order valence-electron chi connectivity index (χ0n) is 19.9. The number of likely N-dealkylation sites (tertiary alicyclic amines) is 1. The second-order valence-corrected chi connectivity index (χ2v) is 8.97. The summed E-state index contributed by atoms with van der Waals surface area (Å²) in [5.41, 5.74) is 2.37. The molecule has 0 aliphatic carbocycles. The van der Waals surface area contributed by atoms with Crippen LogP contribution in [0.3, 0.4) is 0 Å². The molecule has 1 aliphatic rings. The van der Waals surface area contributed by atoms with E-state index in [0.29, 0.717) is 49.7 Å². The Morgan fingerprint density at radius 2 is 1.89 bits per heavy atom. The second kappa shape index (κ2) is 11.7. The first-order valence-corrected chi connectivity index (χ1v) is 12.5. The number of urea groups is 1. The summed E-state index contributed by atoms with van der Waals surface area (Å²) in [5, 5.41) is 5.59. The van der Waals surface area contributed by atoms with Crippen LogP contribution < -0.4 is 14.8 Å². The van der Waals surface area contributed by atoms with Crippen LogP contribution in [0.4, 0.5) is 10.5 Å². The topological polar surface area (TPSA) is 90.0 Å². The first-order chi connectivity index (χ1) is 17.1. The summed E-state index contributed by atoms with van der Waals surface area (Å²) in [6, 6.07) is 14.9. The van der Waals surface area contributed by atoms with E-state index in [9.17, 15) is 9.59 Å². The van der Waals surface area contributed by atoms with E-state index >= 15 is 0 Å². The Morgan fingerprint density at radius 3 is 2.60 bits per heavy atom. The molecule has 4 rings (SSSR count). The van der Waals surface area contributed by atoms with Crippen molar-refractivity contribution >= 4 is 29.0 Å². The summed E-state index contributed by atoms with van der Waals surface area (Å²) in [6.07, 6.45) is 1.16. The predicted octanol–water partition coefficient (Wildman–Crippen LogP) is 5.20. The molecule has 0 saturated carbocycles. The molecule has 2 heterocycles. The number of nitrogens with one attached hydrogen (secondary N) is 1. The fourth-order valence-corrected chi connectivity index (χ4v) is 4.69. The summed E-state index contributed by atoms with van der Waals surface area (Å²) in [6.45, 7) is 3.63. The van der Waals surface area contributed by atoms with Gasteiger partial charge < -0.3 is 24.4 Å². The average Bonchev–Trinajstić information content (AvgIpc) is 3.37. The quantitative estimate of drug-likeness (QED) is 0.432. The number of piperidine rings is 1. The number of carbonyl (C=O) groups is 2. The van der Waals surface area contributed by atoms with Crippen LogP contribution >= 0.6 is 11.3 Å². The summed E-state index contributed by atoms with van der Waals surface area (Å²) in [7, 11) is 1.61. The molecule has 9 heteroatoms. The van der Waals surface area contributed by atoms with E-state index in [-0.39, 0.29) is 24.5 Å². The Balaban J connectivity index is 1.26. The molecule has 35 heavy (non-hydrogen) atoms. The van der Waals surface area contributed by atoms with Gasteiger partial charge in [0.05, 0.1) is 25.3 Å². The summed E-state index contributed by atoms with van der Waals surface area (Å²) >= 11 is 1.48. The lowest BCUT2D eigenvalue weighted by atomic mass is 9.97. The van der Waals surface area contributed by atoms with Crippen molar-refractivity contribution in [1.29, 1.82) is 0 Å². The third-order valence-corrected chi connectivity index (χ3v) is 6.71. The van der Waals surface area contributed by atoms with Crippen molar-refractivity contribution in [1.82, 2.24) is 9.88 Å². The highest BCUT2D eigenvalue weighted by Gasteiger charge is 2.28. The molecule has 0 bridgehead atoms. The SMILES string of the molecule is CCOc1ccc(-c2nc(COC(=O)C3CCN(C(=O)Nc4ccccc4)CC3)cs2)cc1OC. The monoisotopic (exact) mass is 495 g/mol. The zero-order chi connectivity index (χ0) is 24.6. The highest BCUT2D eigenvalue weighted by molar-refractivity contribution is 7.13. The highest BCUT2D eigenvalue weighted by atomic mass is 32.1. The molecule has 2 amide bonds. The van der Waals surface area contributed by atoms with Crippen molar-refractivity contribution in [3.8, 4) is 22.1 Å². The van der Waals surface area contributed by atoms with E-state index in [1.807, 2.05) is 60.8 Å². The minimum absolute atomic E-state index is 0.123. The van der Waals surface area contributed by atoms with Crippen LogP contribution in [0.5, 0.6) is 11.5 Å². The Kier molecular flexibility index (Phi) is 8.20. The first kappa shape index (κ1) is 24.5. The number of aromatic nitrogens is 1. The van der Waals surface area contributed by atoms with Crippen molar-refractivity contribution in [2.24, 2.45) is 5.92 Å². The summed E-state index contributed by atoms with van der Waals surface area (Å²) in [5.74, 6) is 0.874. The van der Waals surface area contributed by atoms with E-state index in [0.717, 1.165) is 16.3 Å². The number of esters is 1. The molecular weight excluding hydrogens is 466 g/mol. The fraction of sp³-hybridized carbons (Fsp3) is 0.346.